The third-order valence-electron chi connectivity index (χ3n) is 6.09. The van der Waals surface area contributed by atoms with Gasteiger partial charge in [0.1, 0.15) is 17.2 Å². The van der Waals surface area contributed by atoms with Crippen LogP contribution in [0.1, 0.15) is 42.5 Å². The third-order valence-corrected chi connectivity index (χ3v) is 6.09. The maximum absolute atomic E-state index is 14.1. The summed E-state index contributed by atoms with van der Waals surface area (Å²) in [6, 6.07) is 16.8. The first-order valence-electron chi connectivity index (χ1n) is 11.3. The van der Waals surface area contributed by atoms with Crippen LogP contribution in [0.4, 0.5) is 23.2 Å². The molecule has 0 aromatic heterocycles. The maximum atomic E-state index is 14.1. The summed E-state index contributed by atoms with van der Waals surface area (Å²) in [7, 11) is 1.42. The van der Waals surface area contributed by atoms with Crippen LogP contribution in [0.2, 0.25) is 0 Å². The lowest BCUT2D eigenvalue weighted by molar-refractivity contribution is -0.138. The van der Waals surface area contributed by atoms with Gasteiger partial charge in [0.05, 0.1) is 24.3 Å². The van der Waals surface area contributed by atoms with Crippen LogP contribution in [-0.4, -0.2) is 23.7 Å². The fourth-order valence-electron chi connectivity index (χ4n) is 4.39. The van der Waals surface area contributed by atoms with E-state index in [4.69, 9.17) is 10.00 Å². The Morgan fingerprint density at radius 2 is 1.70 bits per heavy atom. The van der Waals surface area contributed by atoms with Crippen LogP contribution in [0.3, 0.4) is 0 Å². The smallest absolute Gasteiger partial charge is 0.417 e. The quantitative estimate of drug-likeness (QED) is 0.361. The van der Waals surface area contributed by atoms with Gasteiger partial charge < -0.3 is 15.2 Å². The molecule has 0 fully saturated rings. The van der Waals surface area contributed by atoms with Crippen molar-refractivity contribution in [2.24, 2.45) is 0 Å². The minimum Gasteiger partial charge on any atom is -0.496 e. The topological polar surface area (TPSA) is 82.3 Å². The van der Waals surface area contributed by atoms with Gasteiger partial charge in [-0.15, -0.1) is 0 Å². The van der Waals surface area contributed by atoms with E-state index >= 15 is 0 Å². The van der Waals surface area contributed by atoms with Gasteiger partial charge in [0.15, 0.2) is 0 Å². The lowest BCUT2D eigenvalue weighted by Gasteiger charge is -2.36. The van der Waals surface area contributed by atoms with Crippen LogP contribution >= 0.6 is 0 Å². The van der Waals surface area contributed by atoms with Gasteiger partial charge in [0.25, 0.3) is 5.91 Å². The van der Waals surface area contributed by atoms with Crippen molar-refractivity contribution in [1.82, 2.24) is 0 Å². The van der Waals surface area contributed by atoms with E-state index in [2.05, 4.69) is 5.32 Å². The van der Waals surface area contributed by atoms with Gasteiger partial charge in [-0.2, -0.15) is 18.4 Å². The van der Waals surface area contributed by atoms with E-state index in [1.54, 1.807) is 44.2 Å². The minimum absolute atomic E-state index is 0.164. The number of nitrogens with zero attached hydrogens (tertiary/aromatic N) is 1. The molecule has 1 atom stereocenters. The Balaban J connectivity index is 2.02. The Kier molecular flexibility index (Phi) is 7.94. The molecular weight excluding hydrogens is 488 g/mol. The second-order valence-corrected chi connectivity index (χ2v) is 9.42. The van der Waals surface area contributed by atoms with Gasteiger partial charge in [-0.05, 0) is 53.8 Å². The summed E-state index contributed by atoms with van der Waals surface area (Å²) in [5, 5.41) is 23.1. The molecule has 3 aromatic rings. The molecule has 0 heterocycles. The molecular formula is C28H26F4N2O3. The van der Waals surface area contributed by atoms with Crippen molar-refractivity contribution in [2.75, 3.05) is 12.4 Å². The van der Waals surface area contributed by atoms with Crippen LogP contribution in [0, 0.1) is 17.1 Å². The largest absolute Gasteiger partial charge is 0.496 e. The average molecular weight is 515 g/mol. The van der Waals surface area contributed by atoms with E-state index in [0.29, 0.717) is 22.9 Å². The number of halogens is 4. The van der Waals surface area contributed by atoms with Crippen LogP contribution in [0.15, 0.2) is 66.7 Å². The van der Waals surface area contributed by atoms with E-state index in [1.807, 2.05) is 0 Å². The number of benzene rings is 3. The van der Waals surface area contributed by atoms with E-state index in [9.17, 15) is 27.5 Å². The number of amides is 1. The maximum Gasteiger partial charge on any atom is 0.417 e. The van der Waals surface area contributed by atoms with E-state index < -0.39 is 40.0 Å². The molecule has 0 radical (unpaired) electrons. The molecule has 194 valence electrons. The molecule has 0 saturated carbocycles. The minimum atomic E-state index is -4.82. The van der Waals surface area contributed by atoms with Crippen LogP contribution in [0.25, 0.3) is 0 Å². The molecule has 3 aromatic carbocycles. The predicted molar refractivity (Wildman–Crippen MR) is 130 cm³/mol. The fraction of sp³-hybridized carbons (Fsp3) is 0.286. The first-order chi connectivity index (χ1) is 17.3. The summed E-state index contributed by atoms with van der Waals surface area (Å²) < 4.78 is 59.8. The molecule has 0 aliphatic carbocycles. The molecule has 37 heavy (non-hydrogen) atoms. The zero-order valence-electron chi connectivity index (χ0n) is 20.5. The second-order valence-electron chi connectivity index (χ2n) is 9.42. The Morgan fingerprint density at radius 3 is 2.30 bits per heavy atom. The lowest BCUT2D eigenvalue weighted by Crippen LogP contribution is -2.49. The molecule has 0 aliphatic heterocycles. The summed E-state index contributed by atoms with van der Waals surface area (Å²) in [6.45, 7) is 3.41. The number of nitriles is 1. The Morgan fingerprint density at radius 1 is 1.03 bits per heavy atom. The molecule has 0 bridgehead atoms. The number of hydrogen-bond acceptors (Lipinski definition) is 4. The summed E-state index contributed by atoms with van der Waals surface area (Å²) >= 11 is 0. The molecule has 9 heteroatoms. The second kappa shape index (κ2) is 10.6. The molecule has 2 N–H and O–H groups in total. The van der Waals surface area contributed by atoms with Crippen molar-refractivity contribution < 1.29 is 32.2 Å². The first-order valence-corrected chi connectivity index (χ1v) is 11.3. The molecule has 0 saturated heterocycles. The standard InChI is InChI=1S/C28H26F4N2O3/c1-26(2,23-13-20(29)10-12-24(23)37-3)17-27(36,15-18-7-5-4-6-8-18)25(35)34-21-11-9-19(16-33)22(14-21)28(30,31)32/h4-14,36H,15,17H2,1-3H3,(H,34,35). The normalized spacial score (nSPS) is 13.4. The number of nitrogens with one attached hydrogen (secondary N) is 1. The highest BCUT2D eigenvalue weighted by Gasteiger charge is 2.43. The Hall–Kier alpha value is -3.90. The van der Waals surface area contributed by atoms with Crippen LogP contribution in [0.5, 0.6) is 5.75 Å². The molecule has 0 spiro atoms. The Labute approximate surface area is 212 Å². The summed E-state index contributed by atoms with van der Waals surface area (Å²) in [6.07, 6.45) is -5.20. The average Bonchev–Trinajstić information content (AvgIpc) is 2.83. The lowest BCUT2D eigenvalue weighted by atomic mass is 9.72. The number of aliphatic hydroxyl groups is 1. The SMILES string of the molecule is COc1ccc(F)cc1C(C)(C)CC(O)(Cc1ccccc1)C(=O)Nc1ccc(C#N)c(C(F)(F)F)c1. The fourth-order valence-corrected chi connectivity index (χ4v) is 4.39. The van der Waals surface area contributed by atoms with Crippen molar-refractivity contribution in [1.29, 1.82) is 5.26 Å². The Bertz CT molecular complexity index is 1320. The summed E-state index contributed by atoms with van der Waals surface area (Å²) in [5.74, 6) is -1.12. The number of carbonyl (C=O) groups excluding carboxylic acids is 1. The highest BCUT2D eigenvalue weighted by Crippen LogP contribution is 2.40. The van der Waals surface area contributed by atoms with Crippen molar-refractivity contribution in [3.05, 3.63) is 94.8 Å². The number of hydrogen-bond donors (Lipinski definition) is 2. The first kappa shape index (κ1) is 27.7. The van der Waals surface area contributed by atoms with Gasteiger partial charge in [-0.25, -0.2) is 4.39 Å². The number of rotatable bonds is 8. The summed E-state index contributed by atoms with van der Waals surface area (Å²) in [5.41, 5.74) is -4.13. The molecule has 5 nitrogen and oxygen atoms in total. The molecule has 1 unspecified atom stereocenters. The van der Waals surface area contributed by atoms with E-state index in [1.165, 1.54) is 31.4 Å². The number of carbonyl (C=O) groups is 1. The van der Waals surface area contributed by atoms with Gasteiger partial charge in [-0.3, -0.25) is 4.79 Å². The van der Waals surface area contributed by atoms with Crippen molar-refractivity contribution in [3.8, 4) is 11.8 Å². The van der Waals surface area contributed by atoms with Crippen LogP contribution < -0.4 is 10.1 Å². The van der Waals surface area contributed by atoms with Gasteiger partial charge in [0.2, 0.25) is 0 Å². The van der Waals surface area contributed by atoms with E-state index in [-0.39, 0.29) is 18.5 Å². The number of alkyl halides is 3. The number of anilines is 1. The van der Waals surface area contributed by atoms with E-state index in [0.717, 1.165) is 12.1 Å². The summed E-state index contributed by atoms with van der Waals surface area (Å²) in [4.78, 5) is 13.5. The zero-order valence-corrected chi connectivity index (χ0v) is 20.5. The van der Waals surface area contributed by atoms with Gasteiger partial charge >= 0.3 is 6.18 Å². The van der Waals surface area contributed by atoms with Crippen molar-refractivity contribution in [3.63, 3.8) is 0 Å². The molecule has 3 rings (SSSR count). The van der Waals surface area contributed by atoms with Crippen molar-refractivity contribution in [2.45, 2.75) is 43.9 Å². The van der Waals surface area contributed by atoms with Crippen molar-refractivity contribution >= 4 is 11.6 Å². The highest BCUT2D eigenvalue weighted by molar-refractivity contribution is 5.97. The number of ether oxygens (including phenoxy) is 1. The monoisotopic (exact) mass is 514 g/mol. The predicted octanol–water partition coefficient (Wildman–Crippen LogP) is 6.00. The van der Waals surface area contributed by atoms with Gasteiger partial charge in [0, 0.05) is 17.7 Å². The highest BCUT2D eigenvalue weighted by atomic mass is 19.4. The molecule has 1 amide bonds. The zero-order chi connectivity index (χ0) is 27.4. The molecule has 0 aliphatic rings. The van der Waals surface area contributed by atoms with Crippen LogP contribution in [-0.2, 0) is 22.8 Å². The third kappa shape index (κ3) is 6.46. The van der Waals surface area contributed by atoms with Gasteiger partial charge in [-0.1, -0.05) is 44.2 Å². The number of methoxy groups -OCH3 is 1.